The fraction of sp³-hybridized carbons (Fsp3) is 0.333. The number of aryl methyl sites for hydroxylation is 2. The van der Waals surface area contributed by atoms with Crippen LogP contribution < -0.4 is 10.6 Å². The lowest BCUT2D eigenvalue weighted by Crippen LogP contribution is -2.06. The van der Waals surface area contributed by atoms with Crippen molar-refractivity contribution in [1.29, 1.82) is 0 Å². The van der Waals surface area contributed by atoms with Crippen molar-refractivity contribution in [3.8, 4) is 0 Å². The highest BCUT2D eigenvalue weighted by Crippen LogP contribution is 2.26. The molecule has 0 fully saturated rings. The zero-order valence-electron chi connectivity index (χ0n) is 12.2. The third-order valence-electron chi connectivity index (χ3n) is 3.18. The van der Waals surface area contributed by atoms with Crippen molar-refractivity contribution in [2.45, 2.75) is 27.2 Å². The lowest BCUT2D eigenvalue weighted by molar-refractivity contribution is 0.935. The van der Waals surface area contributed by atoms with Gasteiger partial charge < -0.3 is 10.6 Å². The second-order valence-corrected chi connectivity index (χ2v) is 5.06. The molecule has 0 atom stereocenters. The number of nitrogens with one attached hydrogen (secondary N) is 2. The summed E-state index contributed by atoms with van der Waals surface area (Å²) in [5, 5.41) is 7.16. The van der Waals surface area contributed by atoms with E-state index in [4.69, 9.17) is 11.6 Å². The van der Waals surface area contributed by atoms with E-state index >= 15 is 0 Å². The van der Waals surface area contributed by atoms with Gasteiger partial charge in [0.1, 0.15) is 17.5 Å². The van der Waals surface area contributed by atoms with E-state index in [0.717, 1.165) is 45.7 Å². The molecule has 0 saturated heterocycles. The van der Waals surface area contributed by atoms with Crippen molar-refractivity contribution in [2.75, 3.05) is 17.7 Å². The van der Waals surface area contributed by atoms with Crippen molar-refractivity contribution in [2.24, 2.45) is 0 Å². The third kappa shape index (κ3) is 3.02. The Morgan fingerprint density at radius 3 is 2.45 bits per heavy atom. The van der Waals surface area contributed by atoms with Gasteiger partial charge in [0.05, 0.1) is 0 Å². The lowest BCUT2D eigenvalue weighted by atomic mass is 10.2. The predicted molar refractivity (Wildman–Crippen MR) is 85.2 cm³/mol. The Morgan fingerprint density at radius 1 is 1.15 bits per heavy atom. The summed E-state index contributed by atoms with van der Waals surface area (Å²) in [5.41, 5.74) is 2.97. The molecule has 2 N–H and O–H groups in total. The molecule has 1 aromatic carbocycles. The number of hydrogen-bond donors (Lipinski definition) is 2. The number of hydrogen-bond acceptors (Lipinski definition) is 4. The quantitative estimate of drug-likeness (QED) is 0.890. The number of nitrogens with zero attached hydrogens (tertiary/aromatic N) is 2. The summed E-state index contributed by atoms with van der Waals surface area (Å²) in [4.78, 5) is 9.00. The molecule has 0 unspecified atom stereocenters. The Kier molecular flexibility index (Phi) is 4.45. The monoisotopic (exact) mass is 290 g/mol. The van der Waals surface area contributed by atoms with Gasteiger partial charge in [-0.25, -0.2) is 9.97 Å². The minimum absolute atomic E-state index is 0.742. The fourth-order valence-electron chi connectivity index (χ4n) is 1.89. The molecule has 20 heavy (non-hydrogen) atoms. The minimum atomic E-state index is 0.742. The van der Waals surface area contributed by atoms with Gasteiger partial charge in [-0.15, -0.1) is 0 Å². The van der Waals surface area contributed by atoms with Gasteiger partial charge in [0.2, 0.25) is 0 Å². The van der Waals surface area contributed by atoms with Crippen LogP contribution in [0, 0.1) is 13.8 Å². The fourth-order valence-corrected chi connectivity index (χ4v) is 2.07. The highest BCUT2D eigenvalue weighted by molar-refractivity contribution is 6.31. The second kappa shape index (κ2) is 6.09. The highest BCUT2D eigenvalue weighted by Gasteiger charge is 2.10. The molecule has 0 radical (unpaired) electrons. The molecule has 0 aliphatic rings. The molecule has 0 aliphatic carbocycles. The Bertz CT molecular complexity index is 626. The van der Waals surface area contributed by atoms with Gasteiger partial charge in [-0.2, -0.15) is 0 Å². The van der Waals surface area contributed by atoms with Gasteiger partial charge in [-0.3, -0.25) is 0 Å². The molecule has 1 aromatic heterocycles. The second-order valence-electron chi connectivity index (χ2n) is 4.65. The van der Waals surface area contributed by atoms with Crippen molar-refractivity contribution in [3.05, 3.63) is 40.2 Å². The van der Waals surface area contributed by atoms with Crippen molar-refractivity contribution >= 4 is 28.9 Å². The third-order valence-corrected chi connectivity index (χ3v) is 3.59. The van der Waals surface area contributed by atoms with Crippen molar-refractivity contribution < 1.29 is 0 Å². The molecule has 0 spiro atoms. The van der Waals surface area contributed by atoms with Crippen LogP contribution in [-0.2, 0) is 6.42 Å². The van der Waals surface area contributed by atoms with E-state index < -0.39 is 0 Å². The number of anilines is 3. The van der Waals surface area contributed by atoms with Gasteiger partial charge >= 0.3 is 0 Å². The van der Waals surface area contributed by atoms with Crippen LogP contribution in [0.5, 0.6) is 0 Å². The molecule has 4 nitrogen and oxygen atoms in total. The molecular weight excluding hydrogens is 272 g/mol. The summed E-state index contributed by atoms with van der Waals surface area (Å²) in [6, 6.07) is 5.89. The van der Waals surface area contributed by atoms with E-state index in [-0.39, 0.29) is 0 Å². The zero-order chi connectivity index (χ0) is 14.7. The van der Waals surface area contributed by atoms with Crippen LogP contribution in [-0.4, -0.2) is 17.0 Å². The van der Waals surface area contributed by atoms with Crippen LogP contribution in [0.25, 0.3) is 0 Å². The van der Waals surface area contributed by atoms with Crippen LogP contribution >= 0.6 is 11.6 Å². The Hall–Kier alpha value is -1.81. The summed E-state index contributed by atoms with van der Waals surface area (Å²) in [6.45, 7) is 6.01. The van der Waals surface area contributed by atoms with E-state index in [0.29, 0.717) is 0 Å². The molecule has 0 amide bonds. The zero-order valence-corrected chi connectivity index (χ0v) is 13.0. The van der Waals surface area contributed by atoms with Gasteiger partial charge in [-0.05, 0) is 31.5 Å². The van der Waals surface area contributed by atoms with Crippen LogP contribution in [0.4, 0.5) is 17.3 Å². The summed E-state index contributed by atoms with van der Waals surface area (Å²) < 4.78 is 0. The summed E-state index contributed by atoms with van der Waals surface area (Å²) >= 11 is 6.15. The maximum atomic E-state index is 6.15. The van der Waals surface area contributed by atoms with E-state index in [9.17, 15) is 0 Å². The minimum Gasteiger partial charge on any atom is -0.373 e. The number of halogens is 1. The SMILES string of the molecule is CCc1nc(NC)c(C)c(Nc2ccc(C)c(Cl)c2)n1. The average Bonchev–Trinajstić information content (AvgIpc) is 2.45. The first kappa shape index (κ1) is 14.6. The Balaban J connectivity index is 2.39. The first-order valence-electron chi connectivity index (χ1n) is 6.63. The predicted octanol–water partition coefficient (Wildman–Crippen LogP) is 4.09. The van der Waals surface area contributed by atoms with E-state index in [1.807, 2.05) is 46.0 Å². The first-order valence-corrected chi connectivity index (χ1v) is 7.01. The molecule has 2 aromatic rings. The van der Waals surface area contributed by atoms with Crippen molar-refractivity contribution in [1.82, 2.24) is 9.97 Å². The lowest BCUT2D eigenvalue weighted by Gasteiger charge is -2.14. The van der Waals surface area contributed by atoms with Crippen LogP contribution in [0.15, 0.2) is 18.2 Å². The molecule has 5 heteroatoms. The Morgan fingerprint density at radius 2 is 1.85 bits per heavy atom. The van der Waals surface area contributed by atoms with E-state index in [1.54, 1.807) is 0 Å². The van der Waals surface area contributed by atoms with Crippen LogP contribution in [0.3, 0.4) is 0 Å². The Labute approximate surface area is 124 Å². The van der Waals surface area contributed by atoms with Crippen LogP contribution in [0.2, 0.25) is 5.02 Å². The molecule has 106 valence electrons. The molecular formula is C15H19ClN4. The summed E-state index contributed by atoms with van der Waals surface area (Å²) in [6.07, 6.45) is 0.790. The highest BCUT2D eigenvalue weighted by atomic mass is 35.5. The number of benzene rings is 1. The number of aromatic nitrogens is 2. The van der Waals surface area contributed by atoms with Crippen molar-refractivity contribution in [3.63, 3.8) is 0 Å². The van der Waals surface area contributed by atoms with Gasteiger partial charge in [0, 0.05) is 29.7 Å². The molecule has 0 bridgehead atoms. The largest absolute Gasteiger partial charge is 0.373 e. The first-order chi connectivity index (χ1) is 9.55. The molecule has 0 aliphatic heterocycles. The van der Waals surface area contributed by atoms with Gasteiger partial charge in [0.15, 0.2) is 0 Å². The van der Waals surface area contributed by atoms with E-state index in [2.05, 4.69) is 20.6 Å². The smallest absolute Gasteiger partial charge is 0.139 e. The van der Waals surface area contributed by atoms with Gasteiger partial charge in [-0.1, -0.05) is 24.6 Å². The maximum Gasteiger partial charge on any atom is 0.139 e. The summed E-state index contributed by atoms with van der Waals surface area (Å²) in [7, 11) is 1.86. The molecule has 1 heterocycles. The normalized spacial score (nSPS) is 10.4. The molecule has 2 rings (SSSR count). The van der Waals surface area contributed by atoms with E-state index in [1.165, 1.54) is 0 Å². The average molecular weight is 291 g/mol. The van der Waals surface area contributed by atoms with Crippen LogP contribution in [0.1, 0.15) is 23.9 Å². The summed E-state index contributed by atoms with van der Waals surface area (Å²) in [5.74, 6) is 2.46. The number of rotatable bonds is 4. The maximum absolute atomic E-state index is 6.15. The standard InChI is InChI=1S/C15H19ClN4/c1-5-13-19-14(17-4)10(3)15(20-13)18-11-7-6-9(2)12(16)8-11/h6-8H,5H2,1-4H3,(H2,17,18,19,20). The molecule has 0 saturated carbocycles. The van der Waals surface area contributed by atoms with Gasteiger partial charge in [0.25, 0.3) is 0 Å². The topological polar surface area (TPSA) is 49.8 Å².